The molecule has 0 atom stereocenters. The summed E-state index contributed by atoms with van der Waals surface area (Å²) in [4.78, 5) is 17.0. The molecule has 5 nitrogen and oxygen atoms in total. The zero-order valence-electron chi connectivity index (χ0n) is 16.0. The Kier molecular flexibility index (Phi) is 4.35. The third-order valence-electron chi connectivity index (χ3n) is 6.08. The largest absolute Gasteiger partial charge is 0.336 e. The summed E-state index contributed by atoms with van der Waals surface area (Å²) in [6.45, 7) is 9.42. The SMILES string of the molecule is Cc1ccc(CN2CCC3(CC2)CN(C(=O)c2ccn(C)n2)C3)c(C)c1. The minimum absolute atomic E-state index is 0.0777. The Balaban J connectivity index is 1.30. The number of aromatic nitrogens is 2. The Labute approximate surface area is 155 Å². The molecule has 2 aliphatic heterocycles. The second kappa shape index (κ2) is 6.54. The van der Waals surface area contributed by atoms with Crippen LogP contribution in [0.3, 0.4) is 0 Å². The van der Waals surface area contributed by atoms with Gasteiger partial charge in [-0.1, -0.05) is 23.8 Å². The molecule has 0 radical (unpaired) electrons. The van der Waals surface area contributed by atoms with Crippen LogP contribution < -0.4 is 0 Å². The molecule has 0 aliphatic carbocycles. The van der Waals surface area contributed by atoms with Crippen LogP contribution in [0.5, 0.6) is 0 Å². The molecule has 1 amide bonds. The number of nitrogens with zero attached hydrogens (tertiary/aromatic N) is 4. The average molecular weight is 352 g/mol. The van der Waals surface area contributed by atoms with Crippen LogP contribution in [-0.4, -0.2) is 51.7 Å². The summed E-state index contributed by atoms with van der Waals surface area (Å²) in [6.07, 6.45) is 4.20. The van der Waals surface area contributed by atoms with E-state index in [1.54, 1.807) is 10.7 Å². The fraction of sp³-hybridized carbons (Fsp3) is 0.524. The maximum absolute atomic E-state index is 12.5. The lowest BCUT2D eigenvalue weighted by Crippen LogP contribution is -2.61. The summed E-state index contributed by atoms with van der Waals surface area (Å²) in [5.41, 5.74) is 5.06. The smallest absolute Gasteiger partial charge is 0.274 e. The molecular weight excluding hydrogens is 324 g/mol. The van der Waals surface area contributed by atoms with Crippen LogP contribution in [0.1, 0.15) is 40.0 Å². The van der Waals surface area contributed by atoms with Gasteiger partial charge in [-0.3, -0.25) is 14.4 Å². The van der Waals surface area contributed by atoms with Crippen LogP contribution in [-0.2, 0) is 13.6 Å². The molecule has 1 spiro atoms. The van der Waals surface area contributed by atoms with Gasteiger partial charge < -0.3 is 4.90 Å². The molecule has 4 rings (SSSR count). The van der Waals surface area contributed by atoms with Crippen LogP contribution in [0, 0.1) is 19.3 Å². The highest BCUT2D eigenvalue weighted by Gasteiger charge is 2.47. The Morgan fingerprint density at radius 2 is 1.88 bits per heavy atom. The van der Waals surface area contributed by atoms with E-state index in [2.05, 4.69) is 42.0 Å². The quantitative estimate of drug-likeness (QED) is 0.853. The molecule has 5 heteroatoms. The highest BCUT2D eigenvalue weighted by molar-refractivity contribution is 5.92. The van der Waals surface area contributed by atoms with Gasteiger partial charge in [0.2, 0.25) is 0 Å². The first kappa shape index (κ1) is 17.3. The molecule has 3 heterocycles. The Bertz CT molecular complexity index is 809. The highest BCUT2D eigenvalue weighted by atomic mass is 16.2. The number of rotatable bonds is 3. The molecule has 2 aromatic rings. The molecule has 1 aromatic heterocycles. The third kappa shape index (κ3) is 3.28. The van der Waals surface area contributed by atoms with Gasteiger partial charge in [-0.05, 0) is 57.0 Å². The third-order valence-corrected chi connectivity index (χ3v) is 6.08. The van der Waals surface area contributed by atoms with Crippen molar-refractivity contribution < 1.29 is 4.79 Å². The van der Waals surface area contributed by atoms with Gasteiger partial charge in [0.25, 0.3) is 5.91 Å². The molecule has 0 unspecified atom stereocenters. The van der Waals surface area contributed by atoms with Crippen molar-refractivity contribution in [2.45, 2.75) is 33.2 Å². The van der Waals surface area contributed by atoms with Crippen molar-refractivity contribution >= 4 is 5.91 Å². The fourth-order valence-corrected chi connectivity index (χ4v) is 4.36. The van der Waals surface area contributed by atoms with E-state index >= 15 is 0 Å². The number of benzene rings is 1. The second-order valence-electron chi connectivity index (χ2n) is 8.24. The molecule has 2 fully saturated rings. The van der Waals surface area contributed by atoms with Gasteiger partial charge in [-0.25, -0.2) is 0 Å². The number of hydrogen-bond donors (Lipinski definition) is 0. The molecule has 2 saturated heterocycles. The molecule has 0 saturated carbocycles. The Morgan fingerprint density at radius 1 is 1.15 bits per heavy atom. The lowest BCUT2D eigenvalue weighted by Gasteiger charge is -2.53. The van der Waals surface area contributed by atoms with Crippen molar-refractivity contribution in [1.29, 1.82) is 0 Å². The van der Waals surface area contributed by atoms with Crippen LogP contribution in [0.25, 0.3) is 0 Å². The Morgan fingerprint density at radius 3 is 2.50 bits per heavy atom. The lowest BCUT2D eigenvalue weighted by molar-refractivity contribution is -0.0339. The highest BCUT2D eigenvalue weighted by Crippen LogP contribution is 2.41. The molecule has 1 aromatic carbocycles. The predicted octanol–water partition coefficient (Wildman–Crippen LogP) is 2.78. The van der Waals surface area contributed by atoms with E-state index in [1.807, 2.05) is 18.1 Å². The number of carbonyl (C=O) groups excluding carboxylic acids is 1. The number of likely N-dealkylation sites (tertiary alicyclic amines) is 2. The van der Waals surface area contributed by atoms with Gasteiger partial charge in [0.15, 0.2) is 0 Å². The average Bonchev–Trinajstić information content (AvgIpc) is 3.02. The van der Waals surface area contributed by atoms with E-state index in [4.69, 9.17) is 0 Å². The number of aryl methyl sites for hydroxylation is 3. The van der Waals surface area contributed by atoms with E-state index in [1.165, 1.54) is 29.5 Å². The zero-order chi connectivity index (χ0) is 18.3. The van der Waals surface area contributed by atoms with Crippen LogP contribution in [0.4, 0.5) is 0 Å². The first-order valence-electron chi connectivity index (χ1n) is 9.52. The maximum atomic E-state index is 12.5. The minimum Gasteiger partial charge on any atom is -0.336 e. The van der Waals surface area contributed by atoms with Crippen molar-refractivity contribution in [3.05, 3.63) is 52.8 Å². The number of piperidine rings is 1. The zero-order valence-corrected chi connectivity index (χ0v) is 16.0. The number of carbonyl (C=O) groups is 1. The van der Waals surface area contributed by atoms with Crippen molar-refractivity contribution in [2.24, 2.45) is 12.5 Å². The molecule has 26 heavy (non-hydrogen) atoms. The number of amides is 1. The molecule has 0 bridgehead atoms. The van der Waals surface area contributed by atoms with Gasteiger partial charge in [-0.15, -0.1) is 0 Å². The van der Waals surface area contributed by atoms with E-state index in [-0.39, 0.29) is 5.91 Å². The summed E-state index contributed by atoms with van der Waals surface area (Å²) < 4.78 is 1.69. The van der Waals surface area contributed by atoms with Crippen LogP contribution >= 0.6 is 0 Å². The van der Waals surface area contributed by atoms with E-state index < -0.39 is 0 Å². The first-order chi connectivity index (χ1) is 12.4. The van der Waals surface area contributed by atoms with E-state index in [0.717, 1.165) is 32.7 Å². The summed E-state index contributed by atoms with van der Waals surface area (Å²) in [7, 11) is 1.85. The van der Waals surface area contributed by atoms with Crippen molar-refractivity contribution in [2.75, 3.05) is 26.2 Å². The normalized spacial score (nSPS) is 19.6. The lowest BCUT2D eigenvalue weighted by atomic mass is 9.72. The monoisotopic (exact) mass is 352 g/mol. The minimum atomic E-state index is 0.0777. The molecule has 0 N–H and O–H groups in total. The molecule has 2 aliphatic rings. The van der Waals surface area contributed by atoms with Gasteiger partial charge in [0.05, 0.1) is 0 Å². The van der Waals surface area contributed by atoms with E-state index in [9.17, 15) is 4.79 Å². The molecular formula is C21H28N4O. The Hall–Kier alpha value is -2.14. The summed E-state index contributed by atoms with van der Waals surface area (Å²) in [6, 6.07) is 8.56. The van der Waals surface area contributed by atoms with Crippen molar-refractivity contribution in [3.63, 3.8) is 0 Å². The summed E-state index contributed by atoms with van der Waals surface area (Å²) >= 11 is 0. The topological polar surface area (TPSA) is 41.4 Å². The summed E-state index contributed by atoms with van der Waals surface area (Å²) in [5.74, 6) is 0.0777. The fourth-order valence-electron chi connectivity index (χ4n) is 4.36. The summed E-state index contributed by atoms with van der Waals surface area (Å²) in [5, 5.41) is 4.24. The van der Waals surface area contributed by atoms with Crippen molar-refractivity contribution in [3.8, 4) is 0 Å². The van der Waals surface area contributed by atoms with Gasteiger partial charge in [0.1, 0.15) is 5.69 Å². The van der Waals surface area contributed by atoms with Gasteiger partial charge >= 0.3 is 0 Å². The van der Waals surface area contributed by atoms with Gasteiger partial charge in [0, 0.05) is 38.3 Å². The maximum Gasteiger partial charge on any atom is 0.274 e. The standard InChI is InChI=1S/C21H28N4O/c1-16-4-5-18(17(2)12-16)13-24-10-7-21(8-11-24)14-25(15-21)20(26)19-6-9-23(3)22-19/h4-6,9,12H,7-8,10-11,13-15H2,1-3H3. The number of hydrogen-bond acceptors (Lipinski definition) is 3. The first-order valence-corrected chi connectivity index (χ1v) is 9.52. The van der Waals surface area contributed by atoms with Gasteiger partial charge in [-0.2, -0.15) is 5.10 Å². The predicted molar refractivity (Wildman–Crippen MR) is 102 cm³/mol. The second-order valence-corrected chi connectivity index (χ2v) is 8.24. The van der Waals surface area contributed by atoms with Crippen molar-refractivity contribution in [1.82, 2.24) is 19.6 Å². The van der Waals surface area contributed by atoms with Crippen LogP contribution in [0.2, 0.25) is 0 Å². The van der Waals surface area contributed by atoms with Crippen LogP contribution in [0.15, 0.2) is 30.5 Å². The molecule has 138 valence electrons. The van der Waals surface area contributed by atoms with E-state index in [0.29, 0.717) is 11.1 Å².